The maximum Gasteiger partial charge on any atom is 0.416 e. The number of amides is 2. The number of carbonyl (C=O) groups is 2. The van der Waals surface area contributed by atoms with Crippen LogP contribution in [0.4, 0.5) is 13.2 Å². The predicted octanol–water partition coefficient (Wildman–Crippen LogP) is 4.03. The minimum absolute atomic E-state index is 0.110. The van der Waals surface area contributed by atoms with Gasteiger partial charge in [-0.25, -0.2) is 4.98 Å². The molecule has 2 N–H and O–H groups in total. The van der Waals surface area contributed by atoms with E-state index >= 15 is 0 Å². The second-order valence-electron chi connectivity index (χ2n) is 6.18. The Morgan fingerprint density at radius 3 is 2.41 bits per heavy atom. The lowest BCUT2D eigenvalue weighted by molar-refractivity contribution is -0.137. The van der Waals surface area contributed by atoms with E-state index in [4.69, 9.17) is 5.73 Å². The first-order valence-corrected chi connectivity index (χ1v) is 9.36. The highest BCUT2D eigenvalue weighted by Crippen LogP contribution is 2.31. The van der Waals surface area contributed by atoms with Crippen LogP contribution in [0.3, 0.4) is 0 Å². The third kappa shape index (κ3) is 4.80. The Morgan fingerprint density at radius 1 is 1.10 bits per heavy atom. The molecule has 3 rings (SSSR count). The molecule has 0 aliphatic rings. The summed E-state index contributed by atoms with van der Waals surface area (Å²) in [4.78, 5) is 30.4. The van der Waals surface area contributed by atoms with Crippen LogP contribution >= 0.6 is 11.3 Å². The third-order valence-corrected chi connectivity index (χ3v) is 4.94. The number of aromatic nitrogens is 1. The second-order valence-corrected chi connectivity index (χ2v) is 7.08. The van der Waals surface area contributed by atoms with Crippen LogP contribution < -0.4 is 5.73 Å². The van der Waals surface area contributed by atoms with E-state index in [1.165, 1.54) is 18.3 Å². The van der Waals surface area contributed by atoms with Crippen LogP contribution in [-0.2, 0) is 17.5 Å². The molecule has 0 saturated carbocycles. The van der Waals surface area contributed by atoms with Gasteiger partial charge in [0.15, 0.2) is 5.01 Å². The standard InChI is InChI=1S/C20H16F3N3O2S/c21-20(22,23)15-8-4-5-13(11-15)12-26(19(28)18-25-9-10-29-18)16(17(24)27)14-6-2-1-3-7-14/h1-11,16H,12H2,(H2,24,27)/t16-/m1/s1. The molecule has 2 amide bonds. The minimum atomic E-state index is -4.53. The maximum absolute atomic E-state index is 13.1. The van der Waals surface area contributed by atoms with E-state index in [0.29, 0.717) is 5.56 Å². The zero-order chi connectivity index (χ0) is 21.0. The topological polar surface area (TPSA) is 76.3 Å². The van der Waals surface area contributed by atoms with Gasteiger partial charge in [0.1, 0.15) is 6.04 Å². The molecule has 150 valence electrons. The van der Waals surface area contributed by atoms with E-state index in [9.17, 15) is 22.8 Å². The lowest BCUT2D eigenvalue weighted by Crippen LogP contribution is -2.41. The molecule has 0 aliphatic heterocycles. The summed E-state index contributed by atoms with van der Waals surface area (Å²) in [6.45, 7) is -0.245. The number of nitrogens with two attached hydrogens (primary N) is 1. The van der Waals surface area contributed by atoms with Gasteiger partial charge in [0, 0.05) is 18.1 Å². The number of hydrogen-bond acceptors (Lipinski definition) is 4. The molecule has 1 atom stereocenters. The van der Waals surface area contributed by atoms with Gasteiger partial charge >= 0.3 is 6.18 Å². The first kappa shape index (κ1) is 20.5. The number of primary amides is 1. The van der Waals surface area contributed by atoms with Gasteiger partial charge in [0.2, 0.25) is 5.91 Å². The van der Waals surface area contributed by atoms with Gasteiger partial charge in [-0.05, 0) is 23.3 Å². The summed E-state index contributed by atoms with van der Waals surface area (Å²) in [6, 6.07) is 11.8. The zero-order valence-electron chi connectivity index (χ0n) is 15.0. The van der Waals surface area contributed by atoms with Gasteiger partial charge in [-0.2, -0.15) is 13.2 Å². The van der Waals surface area contributed by atoms with Crippen molar-refractivity contribution in [2.45, 2.75) is 18.8 Å². The summed E-state index contributed by atoms with van der Waals surface area (Å²) >= 11 is 1.07. The van der Waals surface area contributed by atoms with Crippen LogP contribution in [0.1, 0.15) is 32.5 Å². The molecule has 0 bridgehead atoms. The van der Waals surface area contributed by atoms with Crippen molar-refractivity contribution in [3.8, 4) is 0 Å². The summed E-state index contributed by atoms with van der Waals surface area (Å²) in [6.07, 6.45) is -3.09. The molecule has 1 aromatic heterocycles. The van der Waals surface area contributed by atoms with Crippen molar-refractivity contribution in [3.05, 3.63) is 87.9 Å². The SMILES string of the molecule is NC(=O)[C@@H](c1ccccc1)N(Cc1cccc(C(F)(F)F)c1)C(=O)c1nccs1. The molecule has 5 nitrogen and oxygen atoms in total. The summed E-state index contributed by atoms with van der Waals surface area (Å²) in [7, 11) is 0. The molecular formula is C20H16F3N3O2S. The lowest BCUT2D eigenvalue weighted by Gasteiger charge is -2.29. The van der Waals surface area contributed by atoms with Crippen LogP contribution in [0.2, 0.25) is 0 Å². The lowest BCUT2D eigenvalue weighted by atomic mass is 10.0. The van der Waals surface area contributed by atoms with E-state index < -0.39 is 29.6 Å². The fraction of sp³-hybridized carbons (Fsp3) is 0.150. The number of hydrogen-bond donors (Lipinski definition) is 1. The monoisotopic (exact) mass is 419 g/mol. The average molecular weight is 419 g/mol. The molecule has 0 aliphatic carbocycles. The van der Waals surface area contributed by atoms with Crippen LogP contribution in [0.25, 0.3) is 0 Å². The molecule has 0 radical (unpaired) electrons. The highest BCUT2D eigenvalue weighted by atomic mass is 32.1. The van der Waals surface area contributed by atoms with Crippen molar-refractivity contribution in [1.29, 1.82) is 0 Å². The number of nitrogens with zero attached hydrogens (tertiary/aromatic N) is 2. The molecule has 3 aromatic rings. The number of benzene rings is 2. The molecule has 29 heavy (non-hydrogen) atoms. The number of carbonyl (C=O) groups excluding carboxylic acids is 2. The fourth-order valence-corrected chi connectivity index (χ4v) is 3.50. The Balaban J connectivity index is 2.04. The molecule has 0 spiro atoms. The maximum atomic E-state index is 13.1. The number of thiazole rings is 1. The van der Waals surface area contributed by atoms with Crippen molar-refractivity contribution in [1.82, 2.24) is 9.88 Å². The largest absolute Gasteiger partial charge is 0.416 e. The van der Waals surface area contributed by atoms with Crippen LogP contribution in [0.5, 0.6) is 0 Å². The van der Waals surface area contributed by atoms with E-state index in [-0.39, 0.29) is 17.1 Å². The molecule has 2 aromatic carbocycles. The van der Waals surface area contributed by atoms with Crippen LogP contribution in [0, 0.1) is 0 Å². The number of alkyl halides is 3. The average Bonchev–Trinajstić information content (AvgIpc) is 3.22. The van der Waals surface area contributed by atoms with Gasteiger partial charge in [-0.1, -0.05) is 42.5 Å². The minimum Gasteiger partial charge on any atom is -0.368 e. The van der Waals surface area contributed by atoms with Crippen molar-refractivity contribution in [2.75, 3.05) is 0 Å². The van der Waals surface area contributed by atoms with Crippen molar-refractivity contribution >= 4 is 23.2 Å². The Kier molecular flexibility index (Phi) is 5.97. The van der Waals surface area contributed by atoms with Crippen molar-refractivity contribution in [3.63, 3.8) is 0 Å². The fourth-order valence-electron chi connectivity index (χ4n) is 2.91. The van der Waals surface area contributed by atoms with Gasteiger partial charge in [0.25, 0.3) is 5.91 Å². The molecule has 0 saturated heterocycles. The first-order chi connectivity index (χ1) is 13.8. The second kappa shape index (κ2) is 8.44. The van der Waals surface area contributed by atoms with E-state index in [1.807, 2.05) is 0 Å². The van der Waals surface area contributed by atoms with Gasteiger partial charge in [0.05, 0.1) is 5.56 Å². The Labute approximate surface area is 168 Å². The molecule has 1 heterocycles. The van der Waals surface area contributed by atoms with Crippen molar-refractivity contribution in [2.24, 2.45) is 5.73 Å². The van der Waals surface area contributed by atoms with Gasteiger partial charge < -0.3 is 10.6 Å². The van der Waals surface area contributed by atoms with Gasteiger partial charge in [-0.3, -0.25) is 9.59 Å². The molecule has 9 heteroatoms. The first-order valence-electron chi connectivity index (χ1n) is 8.48. The van der Waals surface area contributed by atoms with Crippen molar-refractivity contribution < 1.29 is 22.8 Å². The zero-order valence-corrected chi connectivity index (χ0v) is 15.8. The number of halogens is 3. The van der Waals surface area contributed by atoms with Crippen LogP contribution in [0.15, 0.2) is 66.2 Å². The van der Waals surface area contributed by atoms with Crippen LogP contribution in [-0.4, -0.2) is 21.7 Å². The normalized spacial score (nSPS) is 12.4. The highest BCUT2D eigenvalue weighted by Gasteiger charge is 2.33. The van der Waals surface area contributed by atoms with E-state index in [1.54, 1.807) is 35.7 Å². The molecular weight excluding hydrogens is 403 g/mol. The quantitative estimate of drug-likeness (QED) is 0.655. The summed E-state index contributed by atoms with van der Waals surface area (Å²) < 4.78 is 39.2. The van der Waals surface area contributed by atoms with Gasteiger partial charge in [-0.15, -0.1) is 11.3 Å². The Morgan fingerprint density at radius 2 is 1.83 bits per heavy atom. The summed E-state index contributed by atoms with van der Waals surface area (Å²) in [5.41, 5.74) is 5.41. The smallest absolute Gasteiger partial charge is 0.368 e. The Bertz CT molecular complexity index is 992. The summed E-state index contributed by atoms with van der Waals surface area (Å²) in [5.74, 6) is -1.39. The summed E-state index contributed by atoms with van der Waals surface area (Å²) in [5, 5.41) is 1.71. The molecule has 0 unspecified atom stereocenters. The number of rotatable bonds is 6. The van der Waals surface area contributed by atoms with E-state index in [0.717, 1.165) is 28.4 Å². The third-order valence-electron chi connectivity index (χ3n) is 4.18. The van der Waals surface area contributed by atoms with E-state index in [2.05, 4.69) is 4.98 Å². The molecule has 0 fully saturated rings. The predicted molar refractivity (Wildman–Crippen MR) is 102 cm³/mol. The Hall–Kier alpha value is -3.20. The highest BCUT2D eigenvalue weighted by molar-refractivity contribution is 7.11.